The number of benzene rings is 1. The smallest absolute Gasteiger partial charge is 0.219 e. The second-order valence-electron chi connectivity index (χ2n) is 8.72. The molecule has 2 fully saturated rings. The van der Waals surface area contributed by atoms with Crippen molar-refractivity contribution in [3.05, 3.63) is 29.8 Å². The number of likely N-dealkylation sites (tertiary alicyclic amines) is 1. The molecule has 2 atom stereocenters. The molecule has 2 aliphatic rings. The van der Waals surface area contributed by atoms with Crippen LogP contribution < -0.4 is 10.1 Å². The van der Waals surface area contributed by atoms with Gasteiger partial charge in [0.05, 0.1) is 7.11 Å². The molecule has 1 unspecified atom stereocenters. The van der Waals surface area contributed by atoms with Crippen LogP contribution in [0.25, 0.3) is 0 Å². The van der Waals surface area contributed by atoms with E-state index in [1.54, 1.807) is 14.0 Å². The number of hydrogen-bond acceptors (Lipinski definition) is 4. The average molecular weight is 388 g/mol. The van der Waals surface area contributed by atoms with Gasteiger partial charge in [0.1, 0.15) is 5.75 Å². The Morgan fingerprint density at radius 3 is 2.50 bits per heavy atom. The minimum atomic E-state index is 0.163. The zero-order chi connectivity index (χ0) is 19.9. The summed E-state index contributed by atoms with van der Waals surface area (Å²) >= 11 is 0. The first kappa shape index (κ1) is 21.1. The molecule has 5 heteroatoms. The number of piperidine rings is 1. The predicted octanol–water partition coefficient (Wildman–Crippen LogP) is 3.00. The Balaban J connectivity index is 1.41. The Labute approximate surface area is 170 Å². The fraction of sp³-hybridized carbons (Fsp3) is 0.696. The third kappa shape index (κ3) is 5.95. The normalized spacial score (nSPS) is 23.7. The van der Waals surface area contributed by atoms with Gasteiger partial charge in [0.15, 0.2) is 0 Å². The van der Waals surface area contributed by atoms with Gasteiger partial charge in [0, 0.05) is 26.6 Å². The summed E-state index contributed by atoms with van der Waals surface area (Å²) < 4.78 is 5.22. The topological polar surface area (TPSA) is 44.8 Å². The number of carbonyl (C=O) groups excluding carboxylic acids is 1. The molecule has 1 aromatic carbocycles. The van der Waals surface area contributed by atoms with E-state index in [9.17, 15) is 4.79 Å². The van der Waals surface area contributed by atoms with E-state index in [0.29, 0.717) is 6.54 Å². The zero-order valence-corrected chi connectivity index (χ0v) is 17.8. The Morgan fingerprint density at radius 1 is 1.21 bits per heavy atom. The molecular weight excluding hydrogens is 350 g/mol. The molecule has 3 rings (SSSR count). The van der Waals surface area contributed by atoms with Crippen molar-refractivity contribution in [3.63, 3.8) is 0 Å². The van der Waals surface area contributed by atoms with E-state index in [1.165, 1.54) is 45.6 Å². The molecule has 0 aromatic heterocycles. The van der Waals surface area contributed by atoms with Crippen molar-refractivity contribution in [3.8, 4) is 5.75 Å². The van der Waals surface area contributed by atoms with E-state index in [2.05, 4.69) is 17.1 Å². The highest BCUT2D eigenvalue weighted by Crippen LogP contribution is 2.24. The van der Waals surface area contributed by atoms with E-state index in [1.807, 2.05) is 29.2 Å². The minimum absolute atomic E-state index is 0.163. The summed E-state index contributed by atoms with van der Waals surface area (Å²) in [4.78, 5) is 16.8. The Hall–Kier alpha value is -1.59. The van der Waals surface area contributed by atoms with Crippen LogP contribution in [0, 0.1) is 17.8 Å². The van der Waals surface area contributed by atoms with Crippen LogP contribution in [-0.2, 0) is 11.3 Å². The van der Waals surface area contributed by atoms with Crippen LogP contribution in [0.2, 0.25) is 0 Å². The van der Waals surface area contributed by atoms with Gasteiger partial charge >= 0.3 is 0 Å². The van der Waals surface area contributed by atoms with Gasteiger partial charge in [-0.3, -0.25) is 4.79 Å². The quantitative estimate of drug-likeness (QED) is 0.745. The summed E-state index contributed by atoms with van der Waals surface area (Å²) in [6.45, 7) is 11.6. The monoisotopic (exact) mass is 387 g/mol. The molecule has 2 heterocycles. The van der Waals surface area contributed by atoms with Crippen molar-refractivity contribution in [2.75, 3.05) is 46.4 Å². The lowest BCUT2D eigenvalue weighted by Gasteiger charge is -2.35. The Bertz CT molecular complexity index is 611. The number of amides is 1. The summed E-state index contributed by atoms with van der Waals surface area (Å²) in [6.07, 6.45) is 3.65. The van der Waals surface area contributed by atoms with Gasteiger partial charge in [-0.1, -0.05) is 19.1 Å². The maximum Gasteiger partial charge on any atom is 0.219 e. The molecule has 156 valence electrons. The summed E-state index contributed by atoms with van der Waals surface area (Å²) in [5, 5.41) is 3.52. The molecule has 0 spiro atoms. The number of carbonyl (C=O) groups is 1. The first-order valence-electron chi connectivity index (χ1n) is 10.9. The Kier molecular flexibility index (Phi) is 7.74. The highest BCUT2D eigenvalue weighted by Gasteiger charge is 2.27. The van der Waals surface area contributed by atoms with Crippen LogP contribution in [0.1, 0.15) is 38.7 Å². The van der Waals surface area contributed by atoms with E-state index >= 15 is 0 Å². The number of methoxy groups -OCH3 is 1. The summed E-state index contributed by atoms with van der Waals surface area (Å²) in [5.41, 5.74) is 1.16. The van der Waals surface area contributed by atoms with E-state index in [0.717, 1.165) is 42.0 Å². The first-order valence-corrected chi connectivity index (χ1v) is 10.9. The lowest BCUT2D eigenvalue weighted by Crippen LogP contribution is -2.39. The molecule has 2 saturated heterocycles. The summed E-state index contributed by atoms with van der Waals surface area (Å²) in [6, 6.07) is 8.02. The molecular formula is C23H37N3O2. The summed E-state index contributed by atoms with van der Waals surface area (Å²) in [5.74, 6) is 3.38. The lowest BCUT2D eigenvalue weighted by molar-refractivity contribution is -0.129. The van der Waals surface area contributed by atoms with Crippen molar-refractivity contribution in [2.24, 2.45) is 17.8 Å². The highest BCUT2D eigenvalue weighted by molar-refractivity contribution is 5.73. The first-order chi connectivity index (χ1) is 13.5. The van der Waals surface area contributed by atoms with Gasteiger partial charge in [-0.05, 0) is 80.9 Å². The van der Waals surface area contributed by atoms with Crippen LogP contribution in [0.5, 0.6) is 5.75 Å². The largest absolute Gasteiger partial charge is 0.497 e. The zero-order valence-electron chi connectivity index (χ0n) is 17.8. The molecule has 0 saturated carbocycles. The second kappa shape index (κ2) is 10.3. The van der Waals surface area contributed by atoms with Crippen LogP contribution in [0.4, 0.5) is 0 Å². The van der Waals surface area contributed by atoms with Crippen molar-refractivity contribution in [1.82, 2.24) is 15.1 Å². The molecule has 1 amide bonds. The standard InChI is InChI=1S/C23H37N3O2/c1-18-14-24-15-22(18)17-25-11-8-20(9-12-25)10-13-26(19(2)27)16-21-4-6-23(28-3)7-5-21/h4-7,18,20,22,24H,8-17H2,1-3H3/t18?,22-/m1/s1. The number of hydrogen-bond donors (Lipinski definition) is 1. The maximum absolute atomic E-state index is 12.1. The molecule has 28 heavy (non-hydrogen) atoms. The average Bonchev–Trinajstić information content (AvgIpc) is 3.11. The SMILES string of the molecule is COc1ccc(CN(CCC2CCN(C[C@H]3CNCC3C)CC2)C(C)=O)cc1. The third-order valence-corrected chi connectivity index (χ3v) is 6.66. The number of nitrogens with one attached hydrogen (secondary N) is 1. The fourth-order valence-corrected chi connectivity index (χ4v) is 4.54. The molecule has 0 aliphatic carbocycles. The van der Waals surface area contributed by atoms with Crippen molar-refractivity contribution in [1.29, 1.82) is 0 Å². The third-order valence-electron chi connectivity index (χ3n) is 6.66. The molecule has 0 bridgehead atoms. The molecule has 5 nitrogen and oxygen atoms in total. The molecule has 0 radical (unpaired) electrons. The Morgan fingerprint density at radius 2 is 1.93 bits per heavy atom. The van der Waals surface area contributed by atoms with E-state index in [4.69, 9.17) is 4.74 Å². The van der Waals surface area contributed by atoms with Crippen molar-refractivity contribution in [2.45, 2.75) is 39.7 Å². The van der Waals surface area contributed by atoms with Crippen LogP contribution in [0.15, 0.2) is 24.3 Å². The van der Waals surface area contributed by atoms with Gasteiger partial charge in [0.2, 0.25) is 5.91 Å². The van der Waals surface area contributed by atoms with Gasteiger partial charge in [-0.15, -0.1) is 0 Å². The molecule has 2 aliphatic heterocycles. The summed E-state index contributed by atoms with van der Waals surface area (Å²) in [7, 11) is 1.67. The van der Waals surface area contributed by atoms with Gasteiger partial charge < -0.3 is 19.9 Å². The highest BCUT2D eigenvalue weighted by atomic mass is 16.5. The lowest BCUT2D eigenvalue weighted by atomic mass is 9.91. The number of rotatable bonds is 8. The predicted molar refractivity (Wildman–Crippen MR) is 113 cm³/mol. The van der Waals surface area contributed by atoms with Gasteiger partial charge in [-0.25, -0.2) is 0 Å². The van der Waals surface area contributed by atoms with E-state index < -0.39 is 0 Å². The molecule has 1 aromatic rings. The maximum atomic E-state index is 12.1. The minimum Gasteiger partial charge on any atom is -0.497 e. The van der Waals surface area contributed by atoms with Crippen LogP contribution in [0.3, 0.4) is 0 Å². The van der Waals surface area contributed by atoms with Crippen molar-refractivity contribution < 1.29 is 9.53 Å². The number of ether oxygens (including phenoxy) is 1. The van der Waals surface area contributed by atoms with E-state index in [-0.39, 0.29) is 5.91 Å². The van der Waals surface area contributed by atoms with Crippen LogP contribution in [-0.4, -0.2) is 62.1 Å². The van der Waals surface area contributed by atoms with Crippen LogP contribution >= 0.6 is 0 Å². The van der Waals surface area contributed by atoms with Crippen molar-refractivity contribution >= 4 is 5.91 Å². The van der Waals surface area contributed by atoms with Gasteiger partial charge in [-0.2, -0.15) is 0 Å². The fourth-order valence-electron chi connectivity index (χ4n) is 4.54. The second-order valence-corrected chi connectivity index (χ2v) is 8.72. The molecule has 1 N–H and O–H groups in total. The van der Waals surface area contributed by atoms with Gasteiger partial charge in [0.25, 0.3) is 0 Å². The number of nitrogens with zero attached hydrogens (tertiary/aromatic N) is 2.